The Kier molecular flexibility index (Phi) is 7.84. The lowest BCUT2D eigenvalue weighted by Crippen LogP contribution is -1.58. The van der Waals surface area contributed by atoms with Gasteiger partial charge >= 0.3 is 12.2 Å². The van der Waals surface area contributed by atoms with E-state index in [4.69, 9.17) is 13.0 Å². The maximum absolute atomic E-state index is 10.3. The molecule has 0 radical (unpaired) electrons. The number of halogens is 4. The van der Waals surface area contributed by atoms with E-state index in [2.05, 4.69) is 0 Å². The predicted molar refractivity (Wildman–Crippen MR) is 24.4 cm³/mol. The molecule has 0 bridgehead atoms. The molecule has 1 N–H and O–H groups in total. The number of thiol groups is 1. The zero-order chi connectivity index (χ0) is 8.73. The molecule has 3 nitrogen and oxygen atoms in total. The maximum atomic E-state index is 10.3. The van der Waals surface area contributed by atoms with Crippen molar-refractivity contribution in [1.29, 1.82) is 0 Å². The summed E-state index contributed by atoms with van der Waals surface area (Å²) < 4.78 is 65.3. The quantitative estimate of drug-likeness (QED) is 0.334. The first-order chi connectivity index (χ1) is 4.37. The van der Waals surface area contributed by atoms with E-state index in [1.165, 1.54) is 0 Å². The van der Waals surface area contributed by atoms with Crippen molar-refractivity contribution < 1.29 is 30.5 Å². The molecule has 62 valence electrons. The standard InChI is InChI=1S/C2F4.H2O3S/c3-1(4)2(5)6;1-4(2)3/h;4H,(H,1,2,3). The highest BCUT2D eigenvalue weighted by atomic mass is 32.2. The fourth-order valence-corrected chi connectivity index (χ4v) is 0. The zero-order valence-corrected chi connectivity index (χ0v) is 5.12. The predicted octanol–water partition coefficient (Wildman–Crippen LogP) is 1.06. The van der Waals surface area contributed by atoms with Crippen LogP contribution in [0.25, 0.3) is 0 Å². The monoisotopic (exact) mass is 182 g/mol. The molecule has 0 saturated heterocycles. The van der Waals surface area contributed by atoms with Crippen molar-refractivity contribution >= 4 is 11.0 Å². The zero-order valence-electron chi connectivity index (χ0n) is 4.22. The second-order valence-corrected chi connectivity index (χ2v) is 1.23. The molecule has 8 heteroatoms. The summed E-state index contributed by atoms with van der Waals surface area (Å²) in [6, 6.07) is 0. The first kappa shape index (κ1) is 12.1. The van der Waals surface area contributed by atoms with E-state index in [1.54, 1.807) is 0 Å². The molecule has 0 aliphatic rings. The number of hydrogen-bond donors (Lipinski definition) is 2. The van der Waals surface area contributed by atoms with Gasteiger partial charge in [0, 0.05) is 0 Å². The summed E-state index contributed by atoms with van der Waals surface area (Å²) in [5.74, 6) is 0. The van der Waals surface area contributed by atoms with Crippen LogP contribution in [-0.4, -0.2) is 13.0 Å². The fraction of sp³-hybridized carbons (Fsp3) is 0. The molecule has 0 atom stereocenters. The van der Waals surface area contributed by atoms with Crippen LogP contribution in [0.1, 0.15) is 0 Å². The Hall–Kier alpha value is -0.630. The summed E-state index contributed by atoms with van der Waals surface area (Å²) in [5.41, 5.74) is 0. The lowest BCUT2D eigenvalue weighted by molar-refractivity contribution is 0.308. The Bertz CT molecular complexity index is 159. The Morgan fingerprint density at radius 3 is 1.10 bits per heavy atom. The Morgan fingerprint density at radius 1 is 1.00 bits per heavy atom. The Morgan fingerprint density at radius 2 is 1.10 bits per heavy atom. The normalized spacial score (nSPS) is 8.20. The van der Waals surface area contributed by atoms with Crippen LogP contribution in [-0.2, 0) is 11.0 Å². The van der Waals surface area contributed by atoms with E-state index in [0.29, 0.717) is 0 Å². The van der Waals surface area contributed by atoms with Crippen LogP contribution in [0, 0.1) is 0 Å². The van der Waals surface area contributed by atoms with E-state index in [1.807, 2.05) is 0 Å². The van der Waals surface area contributed by atoms with Gasteiger partial charge in [0.15, 0.2) is 0 Å². The summed E-state index contributed by atoms with van der Waals surface area (Å²) in [6.45, 7) is 0. The van der Waals surface area contributed by atoms with E-state index in [0.717, 1.165) is 0 Å². The van der Waals surface area contributed by atoms with E-state index < -0.39 is 23.1 Å². The third-order valence-corrected chi connectivity index (χ3v) is 0.143. The molecule has 0 aliphatic carbocycles. The average Bonchev–Trinajstić information content (AvgIpc) is 1.63. The molecule has 0 aromatic rings. The van der Waals surface area contributed by atoms with Crippen molar-refractivity contribution in [3.8, 4) is 0 Å². The van der Waals surface area contributed by atoms with Gasteiger partial charge in [0.05, 0.1) is 0 Å². The van der Waals surface area contributed by atoms with Crippen molar-refractivity contribution in [2.24, 2.45) is 0 Å². The molecular weight excluding hydrogens is 180 g/mol. The van der Waals surface area contributed by atoms with E-state index in [9.17, 15) is 17.6 Å². The molecule has 0 amide bonds. The van der Waals surface area contributed by atoms with Crippen LogP contribution in [0.5, 0.6) is 0 Å². The van der Waals surface area contributed by atoms with Crippen molar-refractivity contribution in [3.05, 3.63) is 12.2 Å². The summed E-state index contributed by atoms with van der Waals surface area (Å²) in [7, 11) is -3.12. The summed E-state index contributed by atoms with van der Waals surface area (Å²) in [4.78, 5) is 0. The largest absolute Gasteiger partial charge is 0.334 e. The summed E-state index contributed by atoms with van der Waals surface area (Å²) in [5, 5.41) is 0. The fourth-order valence-electron chi connectivity index (χ4n) is 0. The number of rotatable bonds is 0. The molecule has 0 aliphatic heterocycles. The van der Waals surface area contributed by atoms with Crippen LogP contribution in [0.15, 0.2) is 12.2 Å². The molecule has 0 saturated carbocycles. The van der Waals surface area contributed by atoms with Gasteiger partial charge in [-0.15, -0.1) is 0 Å². The molecule has 0 spiro atoms. The second kappa shape index (κ2) is 6.49. The maximum Gasteiger partial charge on any atom is 0.334 e. The minimum atomic E-state index is -3.12. The van der Waals surface area contributed by atoms with Gasteiger partial charge in [-0.25, -0.2) is 8.42 Å². The van der Waals surface area contributed by atoms with Gasteiger partial charge in [-0.2, -0.15) is 17.6 Å². The van der Waals surface area contributed by atoms with Crippen LogP contribution in [0.3, 0.4) is 0 Å². The first-order valence-electron chi connectivity index (χ1n) is 1.57. The smallest absolute Gasteiger partial charge is 0.288 e. The molecule has 0 heterocycles. The van der Waals surface area contributed by atoms with Crippen LogP contribution < -0.4 is 0 Å². The van der Waals surface area contributed by atoms with Crippen LogP contribution in [0.4, 0.5) is 17.6 Å². The van der Waals surface area contributed by atoms with Gasteiger partial charge in [0.1, 0.15) is 0 Å². The number of hydrogen-bond acceptors (Lipinski definition) is 2. The molecule has 0 aromatic carbocycles. The molecular formula is C2H2F4O3S. The van der Waals surface area contributed by atoms with Gasteiger partial charge in [-0.05, 0) is 0 Å². The minimum Gasteiger partial charge on any atom is -0.288 e. The van der Waals surface area contributed by atoms with Crippen LogP contribution in [0.2, 0.25) is 0 Å². The van der Waals surface area contributed by atoms with Gasteiger partial charge in [-0.3, -0.25) is 4.55 Å². The molecule has 0 fully saturated rings. The molecule has 0 aromatic heterocycles. The lowest BCUT2D eigenvalue weighted by Gasteiger charge is -1.69. The molecule has 10 heavy (non-hydrogen) atoms. The van der Waals surface area contributed by atoms with Crippen molar-refractivity contribution in [3.63, 3.8) is 0 Å². The van der Waals surface area contributed by atoms with Crippen molar-refractivity contribution in [2.45, 2.75) is 0 Å². The Balaban J connectivity index is 0. The van der Waals surface area contributed by atoms with Gasteiger partial charge in [-0.1, -0.05) is 0 Å². The highest BCUT2D eigenvalue weighted by Crippen LogP contribution is 2.08. The highest BCUT2D eigenvalue weighted by Gasteiger charge is 1.98. The van der Waals surface area contributed by atoms with E-state index in [-0.39, 0.29) is 0 Å². The topological polar surface area (TPSA) is 54.4 Å². The van der Waals surface area contributed by atoms with Gasteiger partial charge in [0.2, 0.25) is 0 Å². The van der Waals surface area contributed by atoms with Gasteiger partial charge in [0.25, 0.3) is 11.0 Å². The lowest BCUT2D eigenvalue weighted by atomic mass is 11.1. The third-order valence-electron chi connectivity index (χ3n) is 0.143. The van der Waals surface area contributed by atoms with Gasteiger partial charge < -0.3 is 0 Å². The van der Waals surface area contributed by atoms with Crippen molar-refractivity contribution in [1.82, 2.24) is 0 Å². The second-order valence-electron chi connectivity index (χ2n) is 0.759. The SMILES string of the molecule is FC(F)=C(F)F.O=[SH](=O)O. The Labute approximate surface area is 54.7 Å². The highest BCUT2D eigenvalue weighted by molar-refractivity contribution is 7.66. The summed E-state index contributed by atoms with van der Waals surface area (Å²) in [6.07, 6.45) is -5.81. The van der Waals surface area contributed by atoms with Crippen LogP contribution >= 0.6 is 0 Å². The molecule has 0 rings (SSSR count). The van der Waals surface area contributed by atoms with E-state index >= 15 is 0 Å². The third kappa shape index (κ3) is 26.3. The first-order valence-corrected chi connectivity index (χ1v) is 2.70. The summed E-state index contributed by atoms with van der Waals surface area (Å²) >= 11 is 0. The minimum absolute atomic E-state index is 2.91. The van der Waals surface area contributed by atoms with Crippen molar-refractivity contribution in [2.75, 3.05) is 0 Å². The average molecular weight is 182 g/mol. The molecule has 0 unspecified atom stereocenters.